The number of nitro benzene ring substituents is 1. The van der Waals surface area contributed by atoms with E-state index in [-0.39, 0.29) is 34.2 Å². The maximum Gasteiger partial charge on any atom is 0.338 e. The predicted molar refractivity (Wildman–Crippen MR) is 171 cm³/mol. The van der Waals surface area contributed by atoms with E-state index in [0.717, 1.165) is 13.2 Å². The highest BCUT2D eigenvalue weighted by atomic mass is 35.5. The zero-order valence-electron chi connectivity index (χ0n) is 25.5. The first kappa shape index (κ1) is 34.2. The molecular formula is C32H31Cl2FN4O8. The molecule has 2 heterocycles. The monoisotopic (exact) mass is 688 g/mol. The molecule has 0 aliphatic carbocycles. The number of carbonyl (C=O) groups excluding carboxylic acids is 2. The minimum absolute atomic E-state index is 0.0646. The van der Waals surface area contributed by atoms with Crippen molar-refractivity contribution in [2.24, 2.45) is 5.92 Å². The molecule has 3 aromatic rings. The number of aliphatic hydroxyl groups is 1. The van der Waals surface area contributed by atoms with Crippen LogP contribution in [0.25, 0.3) is 0 Å². The van der Waals surface area contributed by atoms with Crippen LogP contribution in [0.2, 0.25) is 10.0 Å². The van der Waals surface area contributed by atoms with E-state index in [1.54, 1.807) is 11.0 Å². The van der Waals surface area contributed by atoms with Crippen LogP contribution >= 0.6 is 23.2 Å². The number of carbonyl (C=O) groups is 2. The van der Waals surface area contributed by atoms with Crippen LogP contribution in [-0.2, 0) is 15.1 Å². The largest absolute Gasteiger partial charge is 0.465 e. The van der Waals surface area contributed by atoms with E-state index in [0.29, 0.717) is 22.7 Å². The number of hydrogen-bond acceptors (Lipinski definition) is 9. The average Bonchev–Trinajstić information content (AvgIpc) is 3.46. The number of hydrogen-bond donors (Lipinski definition) is 2. The topological polar surface area (TPSA) is 165 Å². The Kier molecular flexibility index (Phi) is 9.56. The van der Waals surface area contributed by atoms with Gasteiger partial charge in [0.2, 0.25) is 6.04 Å². The van der Waals surface area contributed by atoms with E-state index >= 15 is 4.39 Å². The molecule has 2 aliphatic heterocycles. The molecule has 47 heavy (non-hydrogen) atoms. The molecule has 1 unspecified atom stereocenters. The van der Waals surface area contributed by atoms with Crippen LogP contribution in [0.3, 0.4) is 0 Å². The molecule has 12 nitrogen and oxygen atoms in total. The van der Waals surface area contributed by atoms with Crippen LogP contribution in [0.4, 0.5) is 15.8 Å². The standard InChI is InChI=1S/C32H31Cl2FN4O8/c1-16(2)11-12-37-25(15-26(40)19-9-7-17(30(41)47-3)13-24(19)38(43)44)29(39(45)46)27(20-5-4-6-22(34)28(20)35)32(37)21-10-8-18(33)14-23(21)36-31(32)42/h4-10,13-14,16,25-27,29,40H,11-12,15H2,1-3H3,(H,36,42)/t25-,26?,27-,29+,32+/m0/s1. The molecule has 0 aromatic heterocycles. The van der Waals surface area contributed by atoms with Gasteiger partial charge < -0.3 is 15.2 Å². The number of aliphatic hydroxyl groups excluding tert-OH is 1. The van der Waals surface area contributed by atoms with Crippen LogP contribution in [0, 0.1) is 32.0 Å². The number of nitrogens with zero attached hydrogens (tertiary/aromatic N) is 3. The van der Waals surface area contributed by atoms with Crippen LogP contribution in [-0.4, -0.2) is 57.5 Å². The average molecular weight is 690 g/mol. The summed E-state index contributed by atoms with van der Waals surface area (Å²) >= 11 is 12.5. The Morgan fingerprint density at radius 1 is 1.15 bits per heavy atom. The third kappa shape index (κ3) is 5.81. The summed E-state index contributed by atoms with van der Waals surface area (Å²) in [7, 11) is 1.11. The maximum absolute atomic E-state index is 16.0. The van der Waals surface area contributed by atoms with Gasteiger partial charge in [-0.05, 0) is 49.1 Å². The third-order valence-electron chi connectivity index (χ3n) is 9.01. The SMILES string of the molecule is COC(=O)c1ccc(C(O)C[C@H]2[C@@H]([N+](=O)[O-])[C@H](c3cccc(Cl)c3F)[C@]3(C(=O)Nc4cc(Cl)ccc43)N2CCC(C)C)c([N+](=O)[O-])c1. The van der Waals surface area contributed by atoms with Crippen molar-refractivity contribution in [1.82, 2.24) is 4.90 Å². The summed E-state index contributed by atoms with van der Waals surface area (Å²) in [6.07, 6.45) is -1.68. The van der Waals surface area contributed by atoms with Gasteiger partial charge >= 0.3 is 5.97 Å². The van der Waals surface area contributed by atoms with E-state index in [4.69, 9.17) is 23.2 Å². The van der Waals surface area contributed by atoms with E-state index in [1.807, 2.05) is 13.8 Å². The van der Waals surface area contributed by atoms with E-state index in [1.165, 1.54) is 42.5 Å². The van der Waals surface area contributed by atoms with Crippen molar-refractivity contribution >= 4 is 46.5 Å². The number of rotatable bonds is 10. The van der Waals surface area contributed by atoms with Crippen LogP contribution in [0.5, 0.6) is 0 Å². The van der Waals surface area contributed by atoms with Gasteiger partial charge in [0.1, 0.15) is 11.4 Å². The van der Waals surface area contributed by atoms with Crippen molar-refractivity contribution in [2.45, 2.75) is 56.3 Å². The van der Waals surface area contributed by atoms with E-state index < -0.39 is 69.3 Å². The second kappa shape index (κ2) is 13.1. The molecule has 15 heteroatoms. The molecule has 5 atom stereocenters. The Hall–Kier alpha value is -4.17. The highest BCUT2D eigenvalue weighted by Crippen LogP contribution is 2.59. The molecule has 5 rings (SSSR count). The second-order valence-corrected chi connectivity index (χ2v) is 12.9. The van der Waals surface area contributed by atoms with Crippen molar-refractivity contribution < 1.29 is 33.7 Å². The number of likely N-dealkylation sites (tertiary alicyclic amines) is 1. The smallest absolute Gasteiger partial charge is 0.338 e. The third-order valence-corrected chi connectivity index (χ3v) is 9.53. The molecule has 1 spiro atoms. The number of methoxy groups -OCH3 is 1. The molecular weight excluding hydrogens is 658 g/mol. The summed E-state index contributed by atoms with van der Waals surface area (Å²) in [5.74, 6) is -3.81. The van der Waals surface area contributed by atoms with Gasteiger partial charge in [0.25, 0.3) is 11.6 Å². The van der Waals surface area contributed by atoms with Crippen molar-refractivity contribution in [3.63, 3.8) is 0 Å². The van der Waals surface area contributed by atoms with Gasteiger partial charge in [0, 0.05) is 39.4 Å². The maximum atomic E-state index is 16.0. The first-order chi connectivity index (χ1) is 22.2. The van der Waals surface area contributed by atoms with Gasteiger partial charge in [-0.1, -0.05) is 55.2 Å². The molecule has 1 amide bonds. The number of nitrogens with one attached hydrogen (secondary N) is 1. The zero-order chi connectivity index (χ0) is 34.4. The summed E-state index contributed by atoms with van der Waals surface area (Å²) in [6.45, 7) is 3.97. The van der Waals surface area contributed by atoms with Crippen molar-refractivity contribution in [2.75, 3.05) is 19.0 Å². The molecule has 0 saturated carbocycles. The summed E-state index contributed by atoms with van der Waals surface area (Å²) in [5.41, 5.74) is -2.34. The lowest BCUT2D eigenvalue weighted by Gasteiger charge is -2.39. The normalized spacial score (nSPS) is 22.7. The lowest BCUT2D eigenvalue weighted by Crippen LogP contribution is -2.52. The first-order valence-electron chi connectivity index (χ1n) is 14.7. The second-order valence-electron chi connectivity index (χ2n) is 12.0. The Balaban J connectivity index is 1.75. The van der Waals surface area contributed by atoms with Crippen LogP contribution in [0.1, 0.15) is 65.8 Å². The summed E-state index contributed by atoms with van der Waals surface area (Å²) in [5, 5.41) is 39.6. The van der Waals surface area contributed by atoms with E-state index in [2.05, 4.69) is 10.1 Å². The molecule has 2 aliphatic rings. The van der Waals surface area contributed by atoms with E-state index in [9.17, 15) is 34.9 Å². The van der Waals surface area contributed by atoms with Crippen molar-refractivity contribution in [1.29, 1.82) is 0 Å². The van der Waals surface area contributed by atoms with Gasteiger partial charge in [-0.3, -0.25) is 29.9 Å². The summed E-state index contributed by atoms with van der Waals surface area (Å²) in [6, 6.07) is 9.11. The van der Waals surface area contributed by atoms with Gasteiger partial charge in [0.15, 0.2) is 0 Å². The minimum atomic E-state index is -1.86. The number of ether oxygens (including phenoxy) is 1. The molecule has 0 radical (unpaired) electrons. The quantitative estimate of drug-likeness (QED) is 0.142. The summed E-state index contributed by atoms with van der Waals surface area (Å²) < 4.78 is 20.6. The lowest BCUT2D eigenvalue weighted by molar-refractivity contribution is -0.528. The number of esters is 1. The predicted octanol–water partition coefficient (Wildman–Crippen LogP) is 6.26. The highest BCUT2D eigenvalue weighted by Gasteiger charge is 2.71. The molecule has 3 aromatic carbocycles. The minimum Gasteiger partial charge on any atom is -0.465 e. The molecule has 1 saturated heterocycles. The molecule has 2 N–H and O–H groups in total. The molecule has 0 bridgehead atoms. The Morgan fingerprint density at radius 2 is 1.87 bits per heavy atom. The number of nitro groups is 2. The fourth-order valence-electron chi connectivity index (χ4n) is 7.00. The Morgan fingerprint density at radius 3 is 2.51 bits per heavy atom. The van der Waals surface area contributed by atoms with Crippen molar-refractivity contribution in [3.05, 3.63) is 113 Å². The number of benzene rings is 3. The zero-order valence-corrected chi connectivity index (χ0v) is 27.0. The van der Waals surface area contributed by atoms with Gasteiger partial charge in [-0.2, -0.15) is 0 Å². The first-order valence-corrected chi connectivity index (χ1v) is 15.5. The Bertz CT molecular complexity index is 1770. The molecule has 248 valence electrons. The van der Waals surface area contributed by atoms with Crippen LogP contribution in [0.15, 0.2) is 54.6 Å². The van der Waals surface area contributed by atoms with Gasteiger partial charge in [0.05, 0.1) is 46.2 Å². The lowest BCUT2D eigenvalue weighted by atomic mass is 9.73. The van der Waals surface area contributed by atoms with Gasteiger partial charge in [-0.15, -0.1) is 0 Å². The number of amides is 1. The number of halogens is 3. The van der Waals surface area contributed by atoms with Crippen LogP contribution < -0.4 is 5.32 Å². The molecule has 1 fully saturated rings. The van der Waals surface area contributed by atoms with Gasteiger partial charge in [-0.25, -0.2) is 9.18 Å². The Labute approximate surface area is 278 Å². The highest BCUT2D eigenvalue weighted by molar-refractivity contribution is 6.31. The number of fused-ring (bicyclic) bond motifs is 2. The fourth-order valence-corrected chi connectivity index (χ4v) is 7.36. The van der Waals surface area contributed by atoms with Crippen molar-refractivity contribution in [3.8, 4) is 0 Å². The summed E-state index contributed by atoms with van der Waals surface area (Å²) in [4.78, 5) is 51.9. The number of anilines is 1. The fraction of sp³-hybridized carbons (Fsp3) is 0.375.